The van der Waals surface area contributed by atoms with Gasteiger partial charge in [-0.3, -0.25) is 14.9 Å². The highest BCUT2D eigenvalue weighted by molar-refractivity contribution is 5.91. The van der Waals surface area contributed by atoms with Crippen LogP contribution in [0.1, 0.15) is 24.8 Å². The topological polar surface area (TPSA) is 97.2 Å². The van der Waals surface area contributed by atoms with Crippen molar-refractivity contribution in [3.05, 3.63) is 54.2 Å². The lowest BCUT2D eigenvalue weighted by Crippen LogP contribution is -2.45. The smallest absolute Gasteiger partial charge is 0.323 e. The largest absolute Gasteiger partial charge is 0.394 e. The number of nitrogens with zero attached hydrogens (tertiary/aromatic N) is 6. The molecule has 0 aliphatic carbocycles. The molecule has 0 saturated carbocycles. The zero-order valence-electron chi connectivity index (χ0n) is 18.7. The molecule has 1 spiro atoms. The predicted octanol–water partition coefficient (Wildman–Crippen LogP) is 2.85. The van der Waals surface area contributed by atoms with Crippen LogP contribution in [0.5, 0.6) is 0 Å². The zero-order valence-corrected chi connectivity index (χ0v) is 18.7. The molecule has 1 unspecified atom stereocenters. The molecular formula is C23H29FN8O. The van der Waals surface area contributed by atoms with Gasteiger partial charge in [0.2, 0.25) is 0 Å². The van der Waals surface area contributed by atoms with Gasteiger partial charge in [-0.15, -0.1) is 5.10 Å². The fraction of sp³-hybridized carbons (Fsp3) is 0.435. The third-order valence-corrected chi connectivity index (χ3v) is 6.69. The van der Waals surface area contributed by atoms with Crippen LogP contribution in [-0.4, -0.2) is 61.6 Å². The maximum atomic E-state index is 13.2. The average Bonchev–Trinajstić information content (AvgIpc) is 3.49. The molecule has 2 amide bonds. The predicted molar refractivity (Wildman–Crippen MR) is 123 cm³/mol. The second-order valence-corrected chi connectivity index (χ2v) is 9.29. The standard InChI is InChI=1S/C23H29FN8O/c1-29-12-17(11-26-29)13-30-9-2-7-23(15-30)8-10-31(16-23)22(33)27-21-20(25)14-32(28-21)19-5-3-18(24)4-6-19/h3-6,11-12,14H,2,7-10,13,15-16,25H2,1H3,(H,27,28,33). The Balaban J connectivity index is 1.21. The number of hydrogen-bond donors (Lipinski definition) is 2. The van der Waals surface area contributed by atoms with Gasteiger partial charge in [0.05, 0.1) is 23.8 Å². The number of aryl methyl sites for hydroxylation is 1. The van der Waals surface area contributed by atoms with E-state index < -0.39 is 0 Å². The molecule has 33 heavy (non-hydrogen) atoms. The summed E-state index contributed by atoms with van der Waals surface area (Å²) in [5.41, 5.74) is 8.45. The normalized spacial score (nSPS) is 21.1. The number of nitrogens with two attached hydrogens (primary N) is 1. The molecule has 5 rings (SSSR count). The molecule has 4 heterocycles. The molecule has 10 heteroatoms. The minimum Gasteiger partial charge on any atom is -0.394 e. The number of nitrogen functional groups attached to an aromatic ring is 1. The lowest BCUT2D eigenvalue weighted by molar-refractivity contribution is 0.0905. The van der Waals surface area contributed by atoms with Crippen LogP contribution in [-0.2, 0) is 13.6 Å². The van der Waals surface area contributed by atoms with Crippen LogP contribution in [0.2, 0.25) is 0 Å². The minimum atomic E-state index is -0.322. The summed E-state index contributed by atoms with van der Waals surface area (Å²) in [5, 5.41) is 11.5. The van der Waals surface area contributed by atoms with Gasteiger partial charge in [0.25, 0.3) is 0 Å². The number of benzene rings is 1. The quantitative estimate of drug-likeness (QED) is 0.635. The second kappa shape index (κ2) is 8.51. The van der Waals surface area contributed by atoms with Gasteiger partial charge in [-0.1, -0.05) is 0 Å². The minimum absolute atomic E-state index is 0.122. The van der Waals surface area contributed by atoms with Crippen molar-refractivity contribution in [2.24, 2.45) is 12.5 Å². The molecule has 2 aliphatic rings. The number of hydrogen-bond acceptors (Lipinski definition) is 5. The highest BCUT2D eigenvalue weighted by Gasteiger charge is 2.43. The van der Waals surface area contributed by atoms with E-state index in [1.54, 1.807) is 18.3 Å². The summed E-state index contributed by atoms with van der Waals surface area (Å²) in [6.45, 7) is 4.37. The number of nitrogens with one attached hydrogen (secondary N) is 1. The first-order valence-electron chi connectivity index (χ1n) is 11.3. The van der Waals surface area contributed by atoms with Gasteiger partial charge in [-0.2, -0.15) is 5.10 Å². The molecule has 1 atom stereocenters. The molecule has 3 aromatic rings. The maximum Gasteiger partial charge on any atom is 0.323 e. The third-order valence-electron chi connectivity index (χ3n) is 6.69. The van der Waals surface area contributed by atoms with E-state index in [9.17, 15) is 9.18 Å². The summed E-state index contributed by atoms with van der Waals surface area (Å²) in [4.78, 5) is 17.3. The van der Waals surface area contributed by atoms with Crippen molar-refractivity contribution >= 4 is 17.5 Å². The highest BCUT2D eigenvalue weighted by atomic mass is 19.1. The number of aromatic nitrogens is 4. The van der Waals surface area contributed by atoms with Crippen LogP contribution >= 0.6 is 0 Å². The van der Waals surface area contributed by atoms with Gasteiger partial charge in [0, 0.05) is 50.4 Å². The van der Waals surface area contributed by atoms with Crippen LogP contribution < -0.4 is 11.1 Å². The number of urea groups is 1. The van der Waals surface area contributed by atoms with Crippen molar-refractivity contribution in [1.29, 1.82) is 0 Å². The number of likely N-dealkylation sites (tertiary alicyclic amines) is 2. The van der Waals surface area contributed by atoms with Gasteiger partial charge < -0.3 is 10.6 Å². The first-order valence-corrected chi connectivity index (χ1v) is 11.3. The fourth-order valence-corrected chi connectivity index (χ4v) is 5.09. The van der Waals surface area contributed by atoms with Gasteiger partial charge in [-0.25, -0.2) is 13.9 Å². The second-order valence-electron chi connectivity index (χ2n) is 9.29. The summed E-state index contributed by atoms with van der Waals surface area (Å²) in [5.74, 6) is -0.01000. The number of carbonyl (C=O) groups is 1. The van der Waals surface area contributed by atoms with Crippen molar-refractivity contribution in [3.8, 4) is 5.69 Å². The molecule has 3 N–H and O–H groups in total. The monoisotopic (exact) mass is 452 g/mol. The van der Waals surface area contributed by atoms with Gasteiger partial charge in [-0.05, 0) is 50.1 Å². The molecular weight excluding hydrogens is 423 g/mol. The van der Waals surface area contributed by atoms with Gasteiger partial charge >= 0.3 is 6.03 Å². The Morgan fingerprint density at radius 1 is 1.18 bits per heavy atom. The number of halogens is 1. The molecule has 2 fully saturated rings. The molecule has 0 radical (unpaired) electrons. The van der Waals surface area contributed by atoms with E-state index in [0.717, 1.165) is 45.4 Å². The number of carbonyl (C=O) groups excluding carboxylic acids is 1. The highest BCUT2D eigenvalue weighted by Crippen LogP contribution is 2.39. The molecule has 174 valence electrons. The van der Waals surface area contributed by atoms with E-state index in [-0.39, 0.29) is 17.3 Å². The lowest BCUT2D eigenvalue weighted by Gasteiger charge is -2.40. The summed E-state index contributed by atoms with van der Waals surface area (Å²) in [6, 6.07) is 5.75. The summed E-state index contributed by atoms with van der Waals surface area (Å²) < 4.78 is 16.6. The van der Waals surface area contributed by atoms with Crippen molar-refractivity contribution in [1.82, 2.24) is 29.4 Å². The number of rotatable bonds is 4. The van der Waals surface area contributed by atoms with Crippen molar-refractivity contribution in [3.63, 3.8) is 0 Å². The van der Waals surface area contributed by atoms with Crippen LogP contribution in [0.3, 0.4) is 0 Å². The van der Waals surface area contributed by atoms with E-state index in [4.69, 9.17) is 5.73 Å². The summed E-state index contributed by atoms with van der Waals surface area (Å²) in [7, 11) is 1.93. The molecule has 1 aromatic carbocycles. The number of anilines is 2. The van der Waals surface area contributed by atoms with Crippen LogP contribution in [0, 0.1) is 11.2 Å². The first-order chi connectivity index (χ1) is 15.9. The Morgan fingerprint density at radius 2 is 2.00 bits per heavy atom. The average molecular weight is 453 g/mol. The molecule has 2 aromatic heterocycles. The Bertz CT molecular complexity index is 1140. The van der Waals surface area contributed by atoms with Crippen molar-refractivity contribution < 1.29 is 9.18 Å². The molecule has 2 saturated heterocycles. The van der Waals surface area contributed by atoms with Crippen LogP contribution in [0.15, 0.2) is 42.9 Å². The van der Waals surface area contributed by atoms with E-state index in [2.05, 4.69) is 26.6 Å². The number of amides is 2. The summed E-state index contributed by atoms with van der Waals surface area (Å²) >= 11 is 0. The van der Waals surface area contributed by atoms with Crippen molar-refractivity contribution in [2.75, 3.05) is 37.2 Å². The van der Waals surface area contributed by atoms with E-state index in [0.29, 0.717) is 23.7 Å². The Labute approximate surface area is 191 Å². The first kappa shape index (κ1) is 21.4. The molecule has 0 bridgehead atoms. The van der Waals surface area contributed by atoms with Crippen molar-refractivity contribution in [2.45, 2.75) is 25.8 Å². The van der Waals surface area contributed by atoms with Gasteiger partial charge in [0.15, 0.2) is 5.82 Å². The van der Waals surface area contributed by atoms with Gasteiger partial charge in [0.1, 0.15) is 5.82 Å². The molecule has 2 aliphatic heterocycles. The van der Waals surface area contributed by atoms with Crippen LogP contribution in [0.4, 0.5) is 20.7 Å². The van der Waals surface area contributed by atoms with E-state index in [1.165, 1.54) is 22.4 Å². The maximum absolute atomic E-state index is 13.2. The summed E-state index contributed by atoms with van der Waals surface area (Å²) in [6.07, 6.45) is 8.85. The lowest BCUT2D eigenvalue weighted by atomic mass is 9.79. The van der Waals surface area contributed by atoms with E-state index in [1.807, 2.05) is 22.8 Å². The van der Waals surface area contributed by atoms with E-state index >= 15 is 0 Å². The Kier molecular flexibility index (Phi) is 5.53. The Morgan fingerprint density at radius 3 is 2.76 bits per heavy atom. The molecule has 9 nitrogen and oxygen atoms in total. The van der Waals surface area contributed by atoms with Crippen LogP contribution in [0.25, 0.3) is 5.69 Å². The Hall–Kier alpha value is -3.40. The zero-order chi connectivity index (χ0) is 23.0. The third kappa shape index (κ3) is 4.56. The fourth-order valence-electron chi connectivity index (χ4n) is 5.09. The SMILES string of the molecule is Cn1cc(CN2CCCC3(CCN(C(=O)Nc4nn(-c5ccc(F)cc5)cc4N)C3)C2)cn1. The number of piperidine rings is 1.